The minimum Gasteiger partial charge on any atom is -0.490 e. The Balaban J connectivity index is 0.00000225. The van der Waals surface area contributed by atoms with Crippen molar-refractivity contribution >= 4 is 24.0 Å². The van der Waals surface area contributed by atoms with Crippen LogP contribution in [0.2, 0.25) is 0 Å². The lowest BCUT2D eigenvalue weighted by molar-refractivity contribution is -0.117. The summed E-state index contributed by atoms with van der Waals surface area (Å²) in [6.07, 6.45) is 5.08. The van der Waals surface area contributed by atoms with Gasteiger partial charge in [-0.15, -0.1) is 12.4 Å². The Kier molecular flexibility index (Phi) is 6.85. The molecule has 1 unspecified atom stereocenters. The topological polar surface area (TPSA) is 64.4 Å². The average Bonchev–Trinajstić information content (AvgIpc) is 3.09. The third-order valence-corrected chi connectivity index (χ3v) is 4.45. The molecule has 1 aliphatic carbocycles. The lowest BCUT2D eigenvalue weighted by Crippen LogP contribution is -2.27. The number of carbonyl (C=O) groups is 1. The van der Waals surface area contributed by atoms with Crippen molar-refractivity contribution in [2.45, 2.75) is 44.8 Å². The largest absolute Gasteiger partial charge is 0.490 e. The molecule has 1 amide bonds. The first-order valence-electron chi connectivity index (χ1n) is 8.51. The molecule has 0 saturated heterocycles. The van der Waals surface area contributed by atoms with Crippen LogP contribution >= 0.6 is 12.4 Å². The molecule has 3 N–H and O–H groups in total. The van der Waals surface area contributed by atoms with Crippen LogP contribution in [0.15, 0.2) is 48.5 Å². The van der Waals surface area contributed by atoms with Crippen molar-refractivity contribution in [1.82, 2.24) is 0 Å². The van der Waals surface area contributed by atoms with E-state index in [0.29, 0.717) is 6.10 Å². The van der Waals surface area contributed by atoms with Crippen molar-refractivity contribution < 1.29 is 9.53 Å². The molecular weight excluding hydrogens is 336 g/mol. The molecule has 1 aliphatic rings. The van der Waals surface area contributed by atoms with Gasteiger partial charge in [0.05, 0.1) is 6.10 Å². The minimum atomic E-state index is -0.681. The summed E-state index contributed by atoms with van der Waals surface area (Å²) in [7, 11) is 0. The minimum absolute atomic E-state index is 0. The molecular formula is C20H25ClN2O2. The highest BCUT2D eigenvalue weighted by Gasteiger charge is 2.17. The van der Waals surface area contributed by atoms with Gasteiger partial charge < -0.3 is 15.8 Å². The van der Waals surface area contributed by atoms with Gasteiger partial charge in [-0.1, -0.05) is 29.8 Å². The van der Waals surface area contributed by atoms with Gasteiger partial charge >= 0.3 is 0 Å². The summed E-state index contributed by atoms with van der Waals surface area (Å²) >= 11 is 0. The SMILES string of the molecule is Cc1ccc(C(N)C(=O)Nc2ccc(OC3CCCC3)cc2)cc1.Cl. The summed E-state index contributed by atoms with van der Waals surface area (Å²) in [5.74, 6) is 0.631. The van der Waals surface area contributed by atoms with Crippen molar-refractivity contribution in [1.29, 1.82) is 0 Å². The molecule has 0 spiro atoms. The number of carbonyl (C=O) groups excluding carboxylic acids is 1. The van der Waals surface area contributed by atoms with E-state index < -0.39 is 6.04 Å². The molecule has 1 fully saturated rings. The molecule has 0 bridgehead atoms. The number of aryl methyl sites for hydroxylation is 1. The monoisotopic (exact) mass is 360 g/mol. The lowest BCUT2D eigenvalue weighted by Gasteiger charge is -2.15. The lowest BCUT2D eigenvalue weighted by atomic mass is 10.1. The standard InChI is InChI=1S/C20H24N2O2.ClH/c1-14-6-8-15(9-7-14)19(21)20(23)22-16-10-12-18(13-11-16)24-17-4-2-3-5-17;/h6-13,17,19H,2-5,21H2,1H3,(H,22,23);1H. The van der Waals surface area contributed by atoms with Gasteiger partial charge in [0.1, 0.15) is 11.8 Å². The highest BCUT2D eigenvalue weighted by molar-refractivity contribution is 5.95. The van der Waals surface area contributed by atoms with E-state index in [1.54, 1.807) is 0 Å². The molecule has 25 heavy (non-hydrogen) atoms. The first-order valence-corrected chi connectivity index (χ1v) is 8.51. The molecule has 1 saturated carbocycles. The van der Waals surface area contributed by atoms with Gasteiger partial charge in [0.2, 0.25) is 5.91 Å². The number of nitrogens with two attached hydrogens (primary N) is 1. The number of benzene rings is 2. The number of halogens is 1. The fraction of sp³-hybridized carbons (Fsp3) is 0.350. The number of rotatable bonds is 5. The van der Waals surface area contributed by atoms with Crippen molar-refractivity contribution in [3.8, 4) is 5.75 Å². The zero-order valence-corrected chi connectivity index (χ0v) is 15.2. The average molecular weight is 361 g/mol. The number of hydrogen-bond donors (Lipinski definition) is 2. The van der Waals surface area contributed by atoms with E-state index in [9.17, 15) is 4.79 Å². The summed E-state index contributed by atoms with van der Waals surface area (Å²) in [5.41, 5.74) is 8.71. The number of hydrogen-bond acceptors (Lipinski definition) is 3. The Morgan fingerprint density at radius 3 is 2.28 bits per heavy atom. The van der Waals surface area contributed by atoms with Crippen molar-refractivity contribution in [2.24, 2.45) is 5.73 Å². The van der Waals surface area contributed by atoms with Crippen molar-refractivity contribution in [2.75, 3.05) is 5.32 Å². The molecule has 0 aromatic heterocycles. The first kappa shape index (κ1) is 19.3. The smallest absolute Gasteiger partial charge is 0.245 e. The van der Waals surface area contributed by atoms with E-state index in [4.69, 9.17) is 10.5 Å². The van der Waals surface area contributed by atoms with E-state index in [0.717, 1.165) is 35.4 Å². The van der Waals surface area contributed by atoms with Crippen LogP contribution in [0, 0.1) is 6.92 Å². The summed E-state index contributed by atoms with van der Waals surface area (Å²) in [5, 5.41) is 2.86. The predicted octanol–water partition coefficient (Wildman–Crippen LogP) is 4.38. The second-order valence-corrected chi connectivity index (χ2v) is 6.43. The zero-order chi connectivity index (χ0) is 16.9. The van der Waals surface area contributed by atoms with E-state index in [1.165, 1.54) is 12.8 Å². The number of amides is 1. The summed E-state index contributed by atoms with van der Waals surface area (Å²) in [6, 6.07) is 14.5. The summed E-state index contributed by atoms with van der Waals surface area (Å²) in [6.45, 7) is 2.00. The summed E-state index contributed by atoms with van der Waals surface area (Å²) in [4.78, 5) is 12.3. The molecule has 3 rings (SSSR count). The number of ether oxygens (including phenoxy) is 1. The van der Waals surface area contributed by atoms with Gasteiger partial charge in [0, 0.05) is 5.69 Å². The normalized spacial score (nSPS) is 15.3. The Morgan fingerprint density at radius 1 is 1.08 bits per heavy atom. The Labute approximate surface area is 155 Å². The van der Waals surface area contributed by atoms with E-state index in [-0.39, 0.29) is 18.3 Å². The van der Waals surface area contributed by atoms with Crippen LogP contribution in [0.4, 0.5) is 5.69 Å². The number of nitrogens with one attached hydrogen (secondary N) is 1. The summed E-state index contributed by atoms with van der Waals surface area (Å²) < 4.78 is 5.93. The quantitative estimate of drug-likeness (QED) is 0.831. The Bertz CT molecular complexity index is 680. The third kappa shape index (κ3) is 5.21. The molecule has 0 heterocycles. The molecule has 2 aromatic rings. The van der Waals surface area contributed by atoms with Crippen LogP contribution < -0.4 is 15.8 Å². The van der Waals surface area contributed by atoms with Gasteiger partial charge in [-0.3, -0.25) is 4.79 Å². The van der Waals surface area contributed by atoms with Gasteiger partial charge in [0.15, 0.2) is 0 Å². The third-order valence-electron chi connectivity index (χ3n) is 4.45. The van der Waals surface area contributed by atoms with E-state index in [2.05, 4.69) is 5.32 Å². The van der Waals surface area contributed by atoms with Gasteiger partial charge in [-0.25, -0.2) is 0 Å². The predicted molar refractivity (Wildman–Crippen MR) is 103 cm³/mol. The fourth-order valence-electron chi connectivity index (χ4n) is 2.96. The zero-order valence-electron chi connectivity index (χ0n) is 14.4. The highest BCUT2D eigenvalue weighted by atomic mass is 35.5. The van der Waals surface area contributed by atoms with E-state index in [1.807, 2.05) is 55.5 Å². The van der Waals surface area contributed by atoms with Crippen LogP contribution in [0.5, 0.6) is 5.75 Å². The van der Waals surface area contributed by atoms with Gasteiger partial charge in [-0.05, 0) is 62.4 Å². The van der Waals surface area contributed by atoms with Crippen LogP contribution in [-0.2, 0) is 4.79 Å². The van der Waals surface area contributed by atoms with E-state index >= 15 is 0 Å². The maximum absolute atomic E-state index is 12.3. The molecule has 134 valence electrons. The first-order chi connectivity index (χ1) is 11.6. The maximum atomic E-state index is 12.3. The highest BCUT2D eigenvalue weighted by Crippen LogP contribution is 2.25. The van der Waals surface area contributed by atoms with Crippen LogP contribution in [0.1, 0.15) is 42.9 Å². The second kappa shape index (κ2) is 8.88. The van der Waals surface area contributed by atoms with Gasteiger partial charge in [0.25, 0.3) is 0 Å². The second-order valence-electron chi connectivity index (χ2n) is 6.43. The molecule has 0 radical (unpaired) electrons. The van der Waals surface area contributed by atoms with Gasteiger partial charge in [-0.2, -0.15) is 0 Å². The Morgan fingerprint density at radius 2 is 1.68 bits per heavy atom. The molecule has 5 heteroatoms. The molecule has 1 atom stereocenters. The van der Waals surface area contributed by atoms with Crippen LogP contribution in [-0.4, -0.2) is 12.0 Å². The Hall–Kier alpha value is -2.04. The fourth-order valence-corrected chi connectivity index (χ4v) is 2.96. The number of anilines is 1. The van der Waals surface area contributed by atoms with Crippen LogP contribution in [0.3, 0.4) is 0 Å². The molecule has 2 aromatic carbocycles. The molecule has 0 aliphatic heterocycles. The van der Waals surface area contributed by atoms with Crippen molar-refractivity contribution in [3.63, 3.8) is 0 Å². The molecule has 4 nitrogen and oxygen atoms in total. The van der Waals surface area contributed by atoms with Crippen LogP contribution in [0.25, 0.3) is 0 Å². The van der Waals surface area contributed by atoms with Crippen molar-refractivity contribution in [3.05, 3.63) is 59.7 Å². The maximum Gasteiger partial charge on any atom is 0.245 e.